The van der Waals surface area contributed by atoms with Crippen LogP contribution in [0.15, 0.2) is 23.1 Å². The van der Waals surface area contributed by atoms with Gasteiger partial charge in [0, 0.05) is 12.6 Å². The average Bonchev–Trinajstić information content (AvgIpc) is 2.36. The van der Waals surface area contributed by atoms with Gasteiger partial charge in [-0.1, -0.05) is 0 Å². The Morgan fingerprint density at radius 1 is 1.29 bits per heavy atom. The number of hydrogen-bond donors (Lipinski definition) is 2. The number of benzene rings is 1. The second kappa shape index (κ2) is 5.35. The molecule has 6 nitrogen and oxygen atoms in total. The van der Waals surface area contributed by atoms with E-state index in [0.29, 0.717) is 5.75 Å². The van der Waals surface area contributed by atoms with Gasteiger partial charge in [0.25, 0.3) is 0 Å². The average molecular weight is 261 g/mol. The molecule has 0 aliphatic carbocycles. The summed E-state index contributed by atoms with van der Waals surface area (Å²) in [7, 11) is -1.01. The van der Waals surface area contributed by atoms with E-state index in [9.17, 15) is 13.5 Å². The number of sulfone groups is 1. The fraction of sp³-hybridized carbons (Fsp3) is 0.400. The first-order valence-electron chi connectivity index (χ1n) is 4.81. The summed E-state index contributed by atoms with van der Waals surface area (Å²) in [5, 5.41) is 9.34. The molecule has 0 amide bonds. The molecule has 0 spiro atoms. The third kappa shape index (κ3) is 2.68. The Balaban J connectivity index is 3.25. The van der Waals surface area contributed by atoms with Crippen molar-refractivity contribution in [3.63, 3.8) is 0 Å². The lowest BCUT2D eigenvalue weighted by molar-refractivity contribution is 0.256. The molecule has 0 aromatic heterocycles. The first-order valence-corrected chi connectivity index (χ1v) is 6.36. The summed E-state index contributed by atoms with van der Waals surface area (Å²) < 4.78 is 33.6. The van der Waals surface area contributed by atoms with Crippen molar-refractivity contribution in [1.29, 1.82) is 0 Å². The van der Waals surface area contributed by atoms with Crippen LogP contribution in [0.2, 0.25) is 0 Å². The molecule has 0 saturated carbocycles. The fourth-order valence-electron chi connectivity index (χ4n) is 1.28. The van der Waals surface area contributed by atoms with Crippen molar-refractivity contribution in [1.82, 2.24) is 0 Å². The second-order valence-electron chi connectivity index (χ2n) is 3.25. The van der Waals surface area contributed by atoms with Crippen molar-refractivity contribution in [2.45, 2.75) is 10.3 Å². The van der Waals surface area contributed by atoms with Crippen LogP contribution in [-0.4, -0.2) is 39.7 Å². The van der Waals surface area contributed by atoms with Gasteiger partial charge in [-0.25, -0.2) is 8.42 Å². The van der Waals surface area contributed by atoms with E-state index < -0.39 is 15.3 Å². The summed E-state index contributed by atoms with van der Waals surface area (Å²) in [6.45, 7) is -0.364. The maximum atomic E-state index is 11.8. The van der Waals surface area contributed by atoms with Crippen LogP contribution in [0.1, 0.15) is 0 Å². The topological polar surface area (TPSA) is 98.9 Å². The van der Waals surface area contributed by atoms with Gasteiger partial charge < -0.3 is 20.3 Å². The highest BCUT2D eigenvalue weighted by atomic mass is 32.2. The fourth-order valence-corrected chi connectivity index (χ4v) is 2.37. The van der Waals surface area contributed by atoms with Crippen molar-refractivity contribution in [3.05, 3.63) is 18.2 Å². The molecule has 1 unspecified atom stereocenters. The van der Waals surface area contributed by atoms with Crippen LogP contribution in [0.25, 0.3) is 0 Å². The van der Waals surface area contributed by atoms with Gasteiger partial charge in [0.2, 0.25) is 9.84 Å². The Bertz CT molecular complexity index is 485. The van der Waals surface area contributed by atoms with E-state index in [2.05, 4.69) is 0 Å². The molecule has 1 aromatic rings. The molecule has 0 saturated heterocycles. The Morgan fingerprint density at radius 3 is 2.35 bits per heavy atom. The van der Waals surface area contributed by atoms with Gasteiger partial charge in [0.05, 0.1) is 19.1 Å². The van der Waals surface area contributed by atoms with Crippen molar-refractivity contribution in [3.8, 4) is 11.5 Å². The summed E-state index contributed by atoms with van der Waals surface area (Å²) in [6, 6.07) is 4.07. The summed E-state index contributed by atoms with van der Waals surface area (Å²) in [5.41, 5.74) is 3.51. The van der Waals surface area contributed by atoms with Crippen LogP contribution in [0.4, 0.5) is 0 Å². The lowest BCUT2D eigenvalue weighted by Crippen LogP contribution is -2.29. The van der Waals surface area contributed by atoms with E-state index in [4.69, 9.17) is 15.2 Å². The zero-order chi connectivity index (χ0) is 13.1. The predicted octanol–water partition coefficient (Wildman–Crippen LogP) is -0.245. The normalized spacial score (nSPS) is 13.2. The molecular weight excluding hydrogens is 246 g/mol. The number of hydrogen-bond acceptors (Lipinski definition) is 6. The summed E-state index contributed by atoms with van der Waals surface area (Å²) in [5.74, 6) is 0.687. The number of methoxy groups -OCH3 is 2. The van der Waals surface area contributed by atoms with Gasteiger partial charge in [0.15, 0.2) is 16.9 Å². The Hall–Kier alpha value is -1.31. The standard InChI is InChI=1S/C10H15NO5S/c1-15-8-4-3-7(5-9(8)16-2)17(13,14)10(12)6-11/h3-5,10,12H,6,11H2,1-2H3. The smallest absolute Gasteiger partial charge is 0.206 e. The van der Waals surface area contributed by atoms with E-state index in [0.717, 1.165) is 0 Å². The lowest BCUT2D eigenvalue weighted by atomic mass is 10.3. The molecule has 0 heterocycles. The van der Waals surface area contributed by atoms with Gasteiger partial charge >= 0.3 is 0 Å². The van der Waals surface area contributed by atoms with E-state index in [1.807, 2.05) is 0 Å². The molecule has 96 valence electrons. The summed E-state index contributed by atoms with van der Waals surface area (Å²) in [6.07, 6.45) is 0. The quantitative estimate of drug-likeness (QED) is 0.758. The summed E-state index contributed by atoms with van der Waals surface area (Å²) in [4.78, 5) is -0.0619. The molecule has 1 atom stereocenters. The van der Waals surface area contributed by atoms with E-state index in [1.54, 1.807) is 0 Å². The third-order valence-corrected chi connectivity index (χ3v) is 4.06. The highest BCUT2D eigenvalue weighted by Gasteiger charge is 2.25. The monoisotopic (exact) mass is 261 g/mol. The van der Waals surface area contributed by atoms with Crippen molar-refractivity contribution in [2.75, 3.05) is 20.8 Å². The van der Waals surface area contributed by atoms with Gasteiger partial charge in [0.1, 0.15) is 0 Å². The zero-order valence-corrected chi connectivity index (χ0v) is 10.4. The number of nitrogens with two attached hydrogens (primary N) is 1. The van der Waals surface area contributed by atoms with Crippen LogP contribution in [0.5, 0.6) is 11.5 Å². The van der Waals surface area contributed by atoms with Gasteiger partial charge in [-0.2, -0.15) is 0 Å². The third-order valence-electron chi connectivity index (χ3n) is 2.24. The number of ether oxygens (including phenoxy) is 2. The van der Waals surface area contributed by atoms with Crippen LogP contribution in [0, 0.1) is 0 Å². The molecule has 7 heteroatoms. The molecule has 1 rings (SSSR count). The van der Waals surface area contributed by atoms with Crippen molar-refractivity contribution < 1.29 is 23.0 Å². The Labute approximate surface area is 99.9 Å². The van der Waals surface area contributed by atoms with E-state index in [-0.39, 0.29) is 17.2 Å². The molecule has 0 fully saturated rings. The minimum Gasteiger partial charge on any atom is -0.493 e. The molecule has 3 N–H and O–H groups in total. The van der Waals surface area contributed by atoms with Crippen LogP contribution in [0.3, 0.4) is 0 Å². The molecule has 0 aliphatic heterocycles. The molecule has 0 bridgehead atoms. The maximum Gasteiger partial charge on any atom is 0.206 e. The highest BCUT2D eigenvalue weighted by molar-refractivity contribution is 7.91. The number of aliphatic hydroxyl groups excluding tert-OH is 1. The molecule has 1 aromatic carbocycles. The SMILES string of the molecule is COc1ccc(S(=O)(=O)C(O)CN)cc1OC. The van der Waals surface area contributed by atoms with Crippen LogP contribution < -0.4 is 15.2 Å². The predicted molar refractivity (Wildman–Crippen MR) is 61.8 cm³/mol. The maximum absolute atomic E-state index is 11.8. The van der Waals surface area contributed by atoms with Gasteiger partial charge in [-0.3, -0.25) is 0 Å². The first-order chi connectivity index (χ1) is 7.97. The van der Waals surface area contributed by atoms with E-state index >= 15 is 0 Å². The number of rotatable bonds is 5. The van der Waals surface area contributed by atoms with Gasteiger partial charge in [-0.05, 0) is 12.1 Å². The van der Waals surface area contributed by atoms with Crippen LogP contribution in [-0.2, 0) is 9.84 Å². The van der Waals surface area contributed by atoms with Gasteiger partial charge in [-0.15, -0.1) is 0 Å². The zero-order valence-electron chi connectivity index (χ0n) is 9.58. The Morgan fingerprint density at radius 2 is 1.88 bits per heavy atom. The first kappa shape index (κ1) is 13.8. The Kier molecular flexibility index (Phi) is 4.33. The molecule has 0 aliphatic rings. The molecule has 0 radical (unpaired) electrons. The molecular formula is C10H15NO5S. The minimum absolute atomic E-state index is 0.0619. The summed E-state index contributed by atoms with van der Waals surface area (Å²) >= 11 is 0. The minimum atomic E-state index is -3.85. The molecule has 17 heavy (non-hydrogen) atoms. The lowest BCUT2D eigenvalue weighted by Gasteiger charge is -2.12. The van der Waals surface area contributed by atoms with E-state index in [1.165, 1.54) is 32.4 Å². The largest absolute Gasteiger partial charge is 0.493 e. The second-order valence-corrected chi connectivity index (χ2v) is 5.36. The van der Waals surface area contributed by atoms with Crippen molar-refractivity contribution in [2.24, 2.45) is 5.73 Å². The number of aliphatic hydroxyl groups is 1. The highest BCUT2D eigenvalue weighted by Crippen LogP contribution is 2.30. The van der Waals surface area contributed by atoms with Crippen molar-refractivity contribution >= 4 is 9.84 Å². The van der Waals surface area contributed by atoms with Crippen LogP contribution >= 0.6 is 0 Å².